The normalized spacial score (nSPS) is 11.6. The Kier molecular flexibility index (Phi) is 3.46. The van der Waals surface area contributed by atoms with Crippen LogP contribution in [-0.4, -0.2) is 18.2 Å². The molecule has 1 rings (SSSR count). The maximum absolute atomic E-state index is 11.0. The highest BCUT2D eigenvalue weighted by Gasteiger charge is 2.08. The van der Waals surface area contributed by atoms with Crippen molar-refractivity contribution in [1.29, 1.82) is 0 Å². The van der Waals surface area contributed by atoms with Gasteiger partial charge in [-0.25, -0.2) is 13.1 Å². The molecule has 0 aliphatic heterocycles. The molecule has 0 atom stereocenters. The average Bonchev–Trinajstić information content (AvgIpc) is 2.42. The second kappa shape index (κ2) is 4.24. The molecule has 14 heavy (non-hydrogen) atoms. The van der Waals surface area contributed by atoms with Crippen LogP contribution in [0.15, 0.2) is 22.8 Å². The van der Waals surface area contributed by atoms with Crippen LogP contribution in [0.5, 0.6) is 0 Å². The van der Waals surface area contributed by atoms with Crippen LogP contribution >= 0.6 is 15.9 Å². The van der Waals surface area contributed by atoms with E-state index in [-0.39, 0.29) is 6.54 Å². The quantitative estimate of drug-likeness (QED) is 0.885. The number of nitrogens with one attached hydrogen (secondary N) is 1. The van der Waals surface area contributed by atoms with E-state index < -0.39 is 10.0 Å². The zero-order valence-corrected chi connectivity index (χ0v) is 9.97. The molecule has 1 aromatic rings. The molecule has 7 heteroatoms. The lowest BCUT2D eigenvalue weighted by molar-refractivity contribution is 0.590. The molecule has 0 bridgehead atoms. The van der Waals surface area contributed by atoms with E-state index in [1.54, 1.807) is 17.9 Å². The Morgan fingerprint density at radius 2 is 2.43 bits per heavy atom. The van der Waals surface area contributed by atoms with Crippen LogP contribution in [0.25, 0.3) is 0 Å². The van der Waals surface area contributed by atoms with Crippen molar-refractivity contribution in [3.05, 3.63) is 28.4 Å². The number of aromatic nitrogens is 2. The van der Waals surface area contributed by atoms with Crippen molar-refractivity contribution in [2.75, 3.05) is 0 Å². The third-order valence-corrected chi connectivity index (χ3v) is 3.19. The van der Waals surface area contributed by atoms with Gasteiger partial charge in [-0.1, -0.05) is 6.58 Å². The molecule has 78 valence electrons. The number of aryl methyl sites for hydroxylation is 1. The van der Waals surface area contributed by atoms with E-state index in [2.05, 4.69) is 32.3 Å². The smallest absolute Gasteiger partial charge is 0.233 e. The zero-order valence-electron chi connectivity index (χ0n) is 7.57. The minimum Gasteiger partial charge on any atom is -0.274 e. The molecule has 1 N–H and O–H groups in total. The second-order valence-electron chi connectivity index (χ2n) is 2.65. The van der Waals surface area contributed by atoms with Crippen LogP contribution in [0.3, 0.4) is 0 Å². The van der Waals surface area contributed by atoms with Crippen LogP contribution in [-0.2, 0) is 23.6 Å². The number of hydrogen-bond donors (Lipinski definition) is 1. The Morgan fingerprint density at radius 3 is 2.86 bits per heavy atom. The van der Waals surface area contributed by atoms with Gasteiger partial charge in [-0.3, -0.25) is 4.68 Å². The Balaban J connectivity index is 2.72. The molecule has 0 fully saturated rings. The highest BCUT2D eigenvalue weighted by atomic mass is 79.9. The molecule has 0 saturated heterocycles. The third-order valence-electron chi connectivity index (χ3n) is 1.54. The first-order chi connectivity index (χ1) is 6.44. The van der Waals surface area contributed by atoms with Crippen molar-refractivity contribution >= 4 is 26.0 Å². The molecule has 0 spiro atoms. The van der Waals surface area contributed by atoms with E-state index in [0.29, 0.717) is 4.60 Å². The summed E-state index contributed by atoms with van der Waals surface area (Å²) in [6.07, 6.45) is 1.73. The van der Waals surface area contributed by atoms with Crippen LogP contribution < -0.4 is 4.72 Å². The molecule has 0 aliphatic carbocycles. The number of sulfonamides is 1. The lowest BCUT2D eigenvalue weighted by atomic mass is 10.4. The van der Waals surface area contributed by atoms with Gasteiger partial charge in [-0.05, 0) is 15.9 Å². The summed E-state index contributed by atoms with van der Waals surface area (Å²) in [6.45, 7) is 3.39. The maximum atomic E-state index is 11.0. The molecule has 1 aromatic heterocycles. The molecular formula is C7H10BrN3O2S. The first kappa shape index (κ1) is 11.4. The number of rotatable bonds is 4. The van der Waals surface area contributed by atoms with Crippen LogP contribution in [0.1, 0.15) is 5.56 Å². The average molecular weight is 280 g/mol. The zero-order chi connectivity index (χ0) is 10.8. The predicted octanol–water partition coefficient (Wildman–Crippen LogP) is 0.745. The molecule has 0 aromatic carbocycles. The van der Waals surface area contributed by atoms with Gasteiger partial charge in [0, 0.05) is 30.8 Å². The van der Waals surface area contributed by atoms with E-state index in [4.69, 9.17) is 0 Å². The summed E-state index contributed by atoms with van der Waals surface area (Å²) in [5.41, 5.74) is 0.776. The number of nitrogens with zero attached hydrogens (tertiary/aromatic N) is 2. The van der Waals surface area contributed by atoms with E-state index in [1.165, 1.54) is 0 Å². The first-order valence-corrected chi connectivity index (χ1v) is 6.08. The SMILES string of the molecule is C=CS(=O)(=O)NCc1cn(C)nc1Br. The Morgan fingerprint density at radius 1 is 1.79 bits per heavy atom. The van der Waals surface area contributed by atoms with E-state index in [0.717, 1.165) is 11.0 Å². The summed E-state index contributed by atoms with van der Waals surface area (Å²) in [4.78, 5) is 0. The minimum absolute atomic E-state index is 0.197. The van der Waals surface area contributed by atoms with Crippen molar-refractivity contribution in [3.8, 4) is 0 Å². The van der Waals surface area contributed by atoms with Gasteiger partial charge in [0.05, 0.1) is 0 Å². The Bertz CT molecular complexity index is 438. The highest BCUT2D eigenvalue weighted by Crippen LogP contribution is 2.13. The predicted molar refractivity (Wildman–Crippen MR) is 56.9 cm³/mol. The molecule has 0 radical (unpaired) electrons. The summed E-state index contributed by atoms with van der Waals surface area (Å²) in [5.74, 6) is 0. The fourth-order valence-corrected chi connectivity index (χ4v) is 1.83. The third kappa shape index (κ3) is 2.93. The topological polar surface area (TPSA) is 64.0 Å². The lowest BCUT2D eigenvalue weighted by Gasteiger charge is -1.99. The fraction of sp³-hybridized carbons (Fsp3) is 0.286. The van der Waals surface area contributed by atoms with Gasteiger partial charge >= 0.3 is 0 Å². The number of halogens is 1. The van der Waals surface area contributed by atoms with Crippen molar-refractivity contribution in [3.63, 3.8) is 0 Å². The Hall–Kier alpha value is -0.660. The van der Waals surface area contributed by atoms with Crippen LogP contribution in [0.2, 0.25) is 0 Å². The van der Waals surface area contributed by atoms with Crippen molar-refractivity contribution in [2.24, 2.45) is 7.05 Å². The minimum atomic E-state index is -3.37. The molecule has 0 amide bonds. The van der Waals surface area contributed by atoms with Crippen molar-refractivity contribution in [1.82, 2.24) is 14.5 Å². The molecule has 0 unspecified atom stereocenters. The fourth-order valence-electron chi connectivity index (χ4n) is 0.866. The van der Waals surface area contributed by atoms with Crippen LogP contribution in [0, 0.1) is 0 Å². The summed E-state index contributed by atoms with van der Waals surface area (Å²) in [7, 11) is -1.61. The van der Waals surface area contributed by atoms with Crippen LogP contribution in [0.4, 0.5) is 0 Å². The molecule has 1 heterocycles. The molecule has 0 saturated carbocycles. The van der Waals surface area contributed by atoms with Gasteiger partial charge in [-0.15, -0.1) is 0 Å². The molecule has 5 nitrogen and oxygen atoms in total. The standard InChI is InChI=1S/C7H10BrN3O2S/c1-3-14(12,13)9-4-6-5-11(2)10-7(6)8/h3,5,9H,1,4H2,2H3. The monoisotopic (exact) mass is 279 g/mol. The first-order valence-electron chi connectivity index (χ1n) is 3.75. The lowest BCUT2D eigenvalue weighted by Crippen LogP contribution is -2.20. The molecule has 0 aliphatic rings. The van der Waals surface area contributed by atoms with Gasteiger partial charge < -0.3 is 0 Å². The van der Waals surface area contributed by atoms with Gasteiger partial charge in [-0.2, -0.15) is 5.10 Å². The van der Waals surface area contributed by atoms with Gasteiger partial charge in [0.25, 0.3) is 0 Å². The van der Waals surface area contributed by atoms with Gasteiger partial charge in [0.1, 0.15) is 4.60 Å². The number of hydrogen-bond acceptors (Lipinski definition) is 3. The van der Waals surface area contributed by atoms with Crippen molar-refractivity contribution < 1.29 is 8.42 Å². The van der Waals surface area contributed by atoms with E-state index >= 15 is 0 Å². The molecular weight excluding hydrogens is 270 g/mol. The summed E-state index contributed by atoms with van der Waals surface area (Å²) >= 11 is 3.21. The second-order valence-corrected chi connectivity index (χ2v) is 5.11. The summed E-state index contributed by atoms with van der Waals surface area (Å²) in [5, 5.41) is 4.88. The maximum Gasteiger partial charge on any atom is 0.233 e. The largest absolute Gasteiger partial charge is 0.274 e. The van der Waals surface area contributed by atoms with Gasteiger partial charge in [0.2, 0.25) is 10.0 Å². The summed E-state index contributed by atoms with van der Waals surface area (Å²) in [6, 6.07) is 0. The van der Waals surface area contributed by atoms with E-state index in [9.17, 15) is 8.42 Å². The van der Waals surface area contributed by atoms with E-state index in [1.807, 2.05) is 0 Å². The highest BCUT2D eigenvalue weighted by molar-refractivity contribution is 9.10. The van der Waals surface area contributed by atoms with Crippen molar-refractivity contribution in [2.45, 2.75) is 6.54 Å². The summed E-state index contributed by atoms with van der Waals surface area (Å²) < 4.78 is 26.6. The Labute approximate surface area is 91.0 Å². The van der Waals surface area contributed by atoms with Gasteiger partial charge in [0.15, 0.2) is 0 Å².